The van der Waals surface area contributed by atoms with E-state index in [-0.39, 0.29) is 21.6 Å². The first-order valence-electron chi connectivity index (χ1n) is 8.12. The number of aliphatic hydroxyl groups is 1. The first kappa shape index (κ1) is 17.1. The standard InChI is InChI=1S/C21H15F3OS/c1-10-3-5-12(9-16(10)22)19(25)15-8-7-14-13-6-4-11(2)17(23)20(13)26-21(14)18(15)24/h3-9,19,25H,1-2H3. The molecule has 1 nitrogen and oxygen atoms in total. The second-order valence-corrected chi connectivity index (χ2v) is 7.45. The van der Waals surface area contributed by atoms with E-state index < -0.39 is 17.7 Å². The third-order valence-electron chi connectivity index (χ3n) is 4.72. The number of aliphatic hydroxyl groups excluding tert-OH is 1. The van der Waals surface area contributed by atoms with Gasteiger partial charge in [0.2, 0.25) is 0 Å². The van der Waals surface area contributed by atoms with E-state index in [1.807, 2.05) is 0 Å². The number of halogens is 3. The molecule has 0 aliphatic heterocycles. The number of fused-ring (bicyclic) bond motifs is 3. The fourth-order valence-electron chi connectivity index (χ4n) is 3.12. The van der Waals surface area contributed by atoms with Crippen LogP contribution in [0.2, 0.25) is 0 Å². The molecule has 5 heteroatoms. The van der Waals surface area contributed by atoms with E-state index in [4.69, 9.17) is 0 Å². The van der Waals surface area contributed by atoms with Crippen molar-refractivity contribution in [1.82, 2.24) is 0 Å². The van der Waals surface area contributed by atoms with E-state index in [1.165, 1.54) is 12.1 Å². The van der Waals surface area contributed by atoms with Crippen LogP contribution < -0.4 is 0 Å². The van der Waals surface area contributed by atoms with Crippen molar-refractivity contribution in [1.29, 1.82) is 0 Å². The maximum absolute atomic E-state index is 15.1. The fraction of sp³-hybridized carbons (Fsp3) is 0.143. The highest BCUT2D eigenvalue weighted by atomic mass is 32.1. The normalized spacial score (nSPS) is 12.8. The van der Waals surface area contributed by atoms with E-state index in [0.717, 1.165) is 11.3 Å². The molecule has 4 rings (SSSR count). The number of rotatable bonds is 2. The van der Waals surface area contributed by atoms with Crippen LogP contribution >= 0.6 is 11.3 Å². The molecule has 4 aromatic rings. The first-order chi connectivity index (χ1) is 12.4. The van der Waals surface area contributed by atoms with Gasteiger partial charge in [0.1, 0.15) is 23.6 Å². The highest BCUT2D eigenvalue weighted by molar-refractivity contribution is 7.25. The van der Waals surface area contributed by atoms with E-state index >= 15 is 4.39 Å². The summed E-state index contributed by atoms with van der Waals surface area (Å²) in [5.74, 6) is -1.41. The van der Waals surface area contributed by atoms with Gasteiger partial charge in [0.15, 0.2) is 0 Å². The molecule has 0 aliphatic carbocycles. The summed E-state index contributed by atoms with van der Waals surface area (Å²) in [6.07, 6.45) is -1.30. The van der Waals surface area contributed by atoms with Gasteiger partial charge in [-0.05, 0) is 36.6 Å². The Hall–Kier alpha value is -2.37. The Labute approximate surface area is 152 Å². The van der Waals surface area contributed by atoms with Crippen molar-refractivity contribution >= 4 is 31.5 Å². The molecule has 0 saturated heterocycles. The van der Waals surface area contributed by atoms with Crippen LogP contribution in [0.1, 0.15) is 28.4 Å². The molecule has 1 atom stereocenters. The third kappa shape index (κ3) is 2.50. The van der Waals surface area contributed by atoms with Crippen molar-refractivity contribution in [2.24, 2.45) is 0 Å². The highest BCUT2D eigenvalue weighted by Crippen LogP contribution is 2.40. The summed E-state index contributed by atoms with van der Waals surface area (Å²) in [6.45, 7) is 3.28. The summed E-state index contributed by atoms with van der Waals surface area (Å²) >= 11 is 1.03. The molecule has 3 aromatic carbocycles. The maximum atomic E-state index is 15.1. The van der Waals surface area contributed by atoms with Crippen LogP contribution in [0.5, 0.6) is 0 Å². The van der Waals surface area contributed by atoms with Crippen LogP contribution in [-0.4, -0.2) is 5.11 Å². The minimum absolute atomic E-state index is 0.0458. The minimum Gasteiger partial charge on any atom is -0.384 e. The molecule has 1 unspecified atom stereocenters. The van der Waals surface area contributed by atoms with Gasteiger partial charge in [0.25, 0.3) is 0 Å². The quantitative estimate of drug-likeness (QED) is 0.446. The highest BCUT2D eigenvalue weighted by Gasteiger charge is 2.21. The second kappa shape index (κ2) is 6.11. The van der Waals surface area contributed by atoms with Gasteiger partial charge < -0.3 is 5.11 Å². The summed E-state index contributed by atoms with van der Waals surface area (Å²) in [6, 6.07) is 10.9. The molecular formula is C21H15F3OS. The van der Waals surface area contributed by atoms with E-state index in [2.05, 4.69) is 0 Å². The molecule has 1 aromatic heterocycles. The molecule has 0 aliphatic rings. The molecule has 0 saturated carbocycles. The van der Waals surface area contributed by atoms with Crippen molar-refractivity contribution in [3.8, 4) is 0 Å². The average molecular weight is 372 g/mol. The van der Waals surface area contributed by atoms with E-state index in [0.29, 0.717) is 26.6 Å². The molecule has 26 heavy (non-hydrogen) atoms. The Morgan fingerprint density at radius 1 is 0.808 bits per heavy atom. The zero-order chi connectivity index (χ0) is 18.6. The van der Waals surface area contributed by atoms with Crippen LogP contribution in [-0.2, 0) is 0 Å². The van der Waals surface area contributed by atoms with Crippen molar-refractivity contribution < 1.29 is 18.3 Å². The summed E-state index contributed by atoms with van der Waals surface area (Å²) in [4.78, 5) is 0. The summed E-state index contributed by atoms with van der Waals surface area (Å²) in [5, 5.41) is 11.8. The number of aryl methyl sites for hydroxylation is 2. The van der Waals surface area contributed by atoms with Crippen LogP contribution in [0, 0.1) is 31.3 Å². The smallest absolute Gasteiger partial charge is 0.147 e. The third-order valence-corrected chi connectivity index (χ3v) is 5.92. The second-order valence-electron chi connectivity index (χ2n) is 6.43. The molecule has 0 bridgehead atoms. The maximum Gasteiger partial charge on any atom is 0.147 e. The fourth-order valence-corrected chi connectivity index (χ4v) is 4.36. The lowest BCUT2D eigenvalue weighted by molar-refractivity contribution is 0.215. The van der Waals surface area contributed by atoms with Crippen molar-refractivity contribution in [2.75, 3.05) is 0 Å². The van der Waals surface area contributed by atoms with E-state index in [9.17, 15) is 13.9 Å². The Morgan fingerprint density at radius 3 is 2.12 bits per heavy atom. The van der Waals surface area contributed by atoms with Gasteiger partial charge in [-0.15, -0.1) is 11.3 Å². The van der Waals surface area contributed by atoms with E-state index in [1.54, 1.807) is 44.2 Å². The van der Waals surface area contributed by atoms with Crippen LogP contribution in [0.4, 0.5) is 13.2 Å². The van der Waals surface area contributed by atoms with Crippen LogP contribution in [0.15, 0.2) is 42.5 Å². The topological polar surface area (TPSA) is 20.2 Å². The summed E-state index contributed by atoms with van der Waals surface area (Å²) in [7, 11) is 0. The number of hydrogen-bond acceptors (Lipinski definition) is 2. The van der Waals surface area contributed by atoms with Crippen molar-refractivity contribution in [3.05, 3.63) is 82.2 Å². The predicted octanol–water partition coefficient (Wildman–Crippen LogP) is 6.17. The van der Waals surface area contributed by atoms with Crippen LogP contribution in [0.25, 0.3) is 20.2 Å². The molecule has 0 radical (unpaired) electrons. The Morgan fingerprint density at radius 2 is 1.42 bits per heavy atom. The van der Waals surface area contributed by atoms with Gasteiger partial charge in [-0.2, -0.15) is 0 Å². The molecular weight excluding hydrogens is 357 g/mol. The minimum atomic E-state index is -1.30. The van der Waals surface area contributed by atoms with Gasteiger partial charge in [0.05, 0.1) is 9.40 Å². The van der Waals surface area contributed by atoms with Gasteiger partial charge in [-0.3, -0.25) is 0 Å². The zero-order valence-corrected chi connectivity index (χ0v) is 14.9. The van der Waals surface area contributed by atoms with Gasteiger partial charge in [-0.25, -0.2) is 13.2 Å². The van der Waals surface area contributed by atoms with Gasteiger partial charge >= 0.3 is 0 Å². The molecule has 1 heterocycles. The Bertz CT molecular complexity index is 1160. The summed E-state index contributed by atoms with van der Waals surface area (Å²) in [5.41, 5.74) is 1.27. The molecule has 1 N–H and O–H groups in total. The lowest BCUT2D eigenvalue weighted by Gasteiger charge is -2.13. The van der Waals surface area contributed by atoms with Gasteiger partial charge in [-0.1, -0.05) is 36.4 Å². The predicted molar refractivity (Wildman–Crippen MR) is 99.2 cm³/mol. The Kier molecular flexibility index (Phi) is 4.01. The Balaban J connectivity index is 1.91. The molecule has 0 amide bonds. The lowest BCUT2D eigenvalue weighted by atomic mass is 9.98. The number of benzene rings is 3. The average Bonchev–Trinajstić information content (AvgIpc) is 3.01. The number of hydrogen-bond donors (Lipinski definition) is 1. The lowest BCUT2D eigenvalue weighted by Crippen LogP contribution is -2.03. The SMILES string of the molecule is Cc1ccc(C(O)c2ccc3c(sc4c(F)c(C)ccc43)c2F)cc1F. The molecule has 0 spiro atoms. The summed E-state index contributed by atoms with van der Waals surface area (Å²) < 4.78 is 43.9. The van der Waals surface area contributed by atoms with Crippen molar-refractivity contribution in [3.63, 3.8) is 0 Å². The first-order valence-corrected chi connectivity index (χ1v) is 8.94. The molecule has 132 valence electrons. The number of thiophene rings is 1. The van der Waals surface area contributed by atoms with Gasteiger partial charge in [0, 0.05) is 16.3 Å². The largest absolute Gasteiger partial charge is 0.384 e. The molecule has 0 fully saturated rings. The van der Waals surface area contributed by atoms with Crippen molar-refractivity contribution in [2.45, 2.75) is 20.0 Å². The zero-order valence-electron chi connectivity index (χ0n) is 14.1. The van der Waals surface area contributed by atoms with Crippen LogP contribution in [0.3, 0.4) is 0 Å². The monoisotopic (exact) mass is 372 g/mol.